The molecule has 4 heteroatoms. The molecule has 0 atom stereocenters. The van der Waals surface area contributed by atoms with Crippen LogP contribution in [-0.4, -0.2) is 4.92 Å². The highest BCUT2D eigenvalue weighted by molar-refractivity contribution is 5.39. The van der Waals surface area contributed by atoms with E-state index >= 15 is 0 Å². The van der Waals surface area contributed by atoms with Crippen molar-refractivity contribution in [2.45, 2.75) is 45.1 Å². The van der Waals surface area contributed by atoms with Crippen LogP contribution >= 0.6 is 0 Å². The predicted octanol–water partition coefficient (Wildman–Crippen LogP) is 3.35. The largest absolute Gasteiger partial charge is 0.321 e. The fourth-order valence-corrected chi connectivity index (χ4v) is 3.17. The van der Waals surface area contributed by atoms with E-state index in [9.17, 15) is 10.1 Å². The normalized spacial score (nSPS) is 20.2. The van der Waals surface area contributed by atoms with Gasteiger partial charge in [0.15, 0.2) is 0 Å². The monoisotopic (exact) mass is 248 g/mol. The van der Waals surface area contributed by atoms with Gasteiger partial charge in [0, 0.05) is 17.7 Å². The first kappa shape index (κ1) is 13.0. The van der Waals surface area contributed by atoms with Crippen molar-refractivity contribution < 1.29 is 4.92 Å². The summed E-state index contributed by atoms with van der Waals surface area (Å²) in [6.07, 6.45) is 4.09. The molecule has 4 nitrogen and oxygen atoms in total. The first-order chi connectivity index (χ1) is 8.45. The average Bonchev–Trinajstić information content (AvgIpc) is 2.35. The number of nitro groups is 1. The molecule has 1 fully saturated rings. The van der Waals surface area contributed by atoms with Crippen molar-refractivity contribution in [1.29, 1.82) is 0 Å². The van der Waals surface area contributed by atoms with Crippen molar-refractivity contribution in [2.75, 3.05) is 0 Å². The van der Waals surface area contributed by atoms with Crippen LogP contribution in [0.25, 0.3) is 0 Å². The van der Waals surface area contributed by atoms with Crippen LogP contribution in [-0.2, 0) is 5.54 Å². The van der Waals surface area contributed by atoms with Gasteiger partial charge in [0.05, 0.1) is 4.92 Å². The van der Waals surface area contributed by atoms with Crippen LogP contribution in [0.3, 0.4) is 0 Å². The molecule has 0 heterocycles. The van der Waals surface area contributed by atoms with Crippen LogP contribution in [0.1, 0.15) is 45.1 Å². The molecule has 1 aliphatic rings. The van der Waals surface area contributed by atoms with Crippen molar-refractivity contribution in [1.82, 2.24) is 0 Å². The molecular weight excluding hydrogens is 228 g/mol. The van der Waals surface area contributed by atoms with Crippen LogP contribution in [0.4, 0.5) is 5.69 Å². The minimum Gasteiger partial charge on any atom is -0.321 e. The van der Waals surface area contributed by atoms with Gasteiger partial charge in [-0.3, -0.25) is 10.1 Å². The first-order valence-electron chi connectivity index (χ1n) is 6.48. The topological polar surface area (TPSA) is 69.2 Å². The Morgan fingerprint density at radius 1 is 1.33 bits per heavy atom. The smallest absolute Gasteiger partial charge is 0.269 e. The summed E-state index contributed by atoms with van der Waals surface area (Å²) in [7, 11) is 0. The highest BCUT2D eigenvalue weighted by Gasteiger charge is 2.51. The van der Waals surface area contributed by atoms with Gasteiger partial charge < -0.3 is 5.73 Å². The van der Waals surface area contributed by atoms with Crippen molar-refractivity contribution in [2.24, 2.45) is 11.1 Å². The first-order valence-corrected chi connectivity index (χ1v) is 6.48. The molecular formula is C14H20N2O2. The second kappa shape index (κ2) is 4.35. The molecule has 18 heavy (non-hydrogen) atoms. The maximum Gasteiger partial charge on any atom is 0.269 e. The molecule has 0 unspecified atom stereocenters. The molecule has 0 saturated heterocycles. The summed E-state index contributed by atoms with van der Waals surface area (Å²) in [6.45, 7) is 4.38. The Balaban J connectivity index is 2.23. The molecule has 0 spiro atoms. The minimum absolute atomic E-state index is 0.128. The van der Waals surface area contributed by atoms with Gasteiger partial charge in [-0.1, -0.05) is 38.8 Å². The molecule has 98 valence electrons. The molecule has 2 rings (SSSR count). The Bertz CT molecular complexity index is 459. The molecule has 0 bridgehead atoms. The predicted molar refractivity (Wildman–Crippen MR) is 71.2 cm³/mol. The molecule has 0 aromatic heterocycles. The number of rotatable bonds is 4. The second-order valence-corrected chi connectivity index (χ2v) is 5.52. The summed E-state index contributed by atoms with van der Waals surface area (Å²) >= 11 is 0. The number of hydrogen-bond acceptors (Lipinski definition) is 3. The van der Waals surface area contributed by atoms with Crippen LogP contribution in [0.2, 0.25) is 0 Å². The number of hydrogen-bond donors (Lipinski definition) is 1. The second-order valence-electron chi connectivity index (χ2n) is 5.52. The lowest BCUT2D eigenvalue weighted by Gasteiger charge is -2.54. The van der Waals surface area contributed by atoms with Gasteiger partial charge >= 0.3 is 0 Å². The zero-order chi connectivity index (χ0) is 13.4. The number of nitrogens with two attached hydrogens (primary N) is 1. The van der Waals surface area contributed by atoms with Crippen LogP contribution in [0.5, 0.6) is 0 Å². The van der Waals surface area contributed by atoms with E-state index in [2.05, 4.69) is 13.8 Å². The van der Waals surface area contributed by atoms with Gasteiger partial charge in [0.1, 0.15) is 0 Å². The van der Waals surface area contributed by atoms with Crippen LogP contribution < -0.4 is 5.73 Å². The van der Waals surface area contributed by atoms with E-state index in [1.54, 1.807) is 12.1 Å². The zero-order valence-electron chi connectivity index (χ0n) is 11.0. The molecule has 1 saturated carbocycles. The molecule has 2 N–H and O–H groups in total. The quantitative estimate of drug-likeness (QED) is 0.656. The molecule has 0 radical (unpaired) electrons. The fourth-order valence-electron chi connectivity index (χ4n) is 3.17. The number of nitrogens with zero attached hydrogens (tertiary/aromatic N) is 1. The Kier molecular flexibility index (Phi) is 3.15. The highest BCUT2D eigenvalue weighted by Crippen LogP contribution is 2.56. The fraction of sp³-hybridized carbons (Fsp3) is 0.571. The van der Waals surface area contributed by atoms with Crippen molar-refractivity contribution in [3.8, 4) is 0 Å². The third-order valence-electron chi connectivity index (χ3n) is 4.51. The van der Waals surface area contributed by atoms with Gasteiger partial charge in [-0.15, -0.1) is 0 Å². The van der Waals surface area contributed by atoms with E-state index in [4.69, 9.17) is 5.73 Å². The van der Waals surface area contributed by atoms with Crippen LogP contribution in [0, 0.1) is 15.5 Å². The van der Waals surface area contributed by atoms with Crippen LogP contribution in [0.15, 0.2) is 24.3 Å². The number of non-ortho nitro benzene ring substituents is 1. The lowest BCUT2D eigenvalue weighted by molar-refractivity contribution is -0.385. The van der Waals surface area contributed by atoms with Gasteiger partial charge in [0.2, 0.25) is 0 Å². The third kappa shape index (κ3) is 2.01. The van der Waals surface area contributed by atoms with Crippen molar-refractivity contribution >= 4 is 5.69 Å². The highest BCUT2D eigenvalue weighted by atomic mass is 16.6. The summed E-state index contributed by atoms with van der Waals surface area (Å²) in [4.78, 5) is 10.4. The third-order valence-corrected chi connectivity index (χ3v) is 4.51. The maximum atomic E-state index is 10.8. The molecule has 1 aromatic rings. The standard InChI is InChI=1S/C14H20N2O2/c1-3-13(4-2)9-14(15,10-13)11-6-5-7-12(8-11)16(17)18/h5-8H,3-4,9-10,15H2,1-2H3. The average molecular weight is 248 g/mol. The Labute approximate surface area is 107 Å². The Morgan fingerprint density at radius 2 is 1.94 bits per heavy atom. The number of benzene rings is 1. The summed E-state index contributed by atoms with van der Waals surface area (Å²) in [6, 6.07) is 6.76. The molecule has 1 aliphatic carbocycles. The molecule has 1 aromatic carbocycles. The summed E-state index contributed by atoms with van der Waals surface area (Å²) < 4.78 is 0. The van der Waals surface area contributed by atoms with Crippen molar-refractivity contribution in [3.63, 3.8) is 0 Å². The van der Waals surface area contributed by atoms with Crippen molar-refractivity contribution in [3.05, 3.63) is 39.9 Å². The molecule has 0 aliphatic heterocycles. The lowest BCUT2D eigenvalue weighted by Crippen LogP contribution is -2.55. The SMILES string of the molecule is CCC1(CC)CC(N)(c2cccc([N+](=O)[O-])c2)C1. The molecule has 0 amide bonds. The summed E-state index contributed by atoms with van der Waals surface area (Å²) in [5, 5.41) is 10.8. The summed E-state index contributed by atoms with van der Waals surface area (Å²) in [5.41, 5.74) is 7.38. The van der Waals surface area contributed by atoms with E-state index in [0.29, 0.717) is 5.41 Å². The minimum atomic E-state index is -0.377. The zero-order valence-corrected chi connectivity index (χ0v) is 11.0. The summed E-state index contributed by atoms with van der Waals surface area (Å²) in [5.74, 6) is 0. The Morgan fingerprint density at radius 3 is 2.44 bits per heavy atom. The van der Waals surface area contributed by atoms with Gasteiger partial charge in [-0.05, 0) is 23.8 Å². The van der Waals surface area contributed by atoms with E-state index in [1.807, 2.05) is 6.07 Å². The van der Waals surface area contributed by atoms with Gasteiger partial charge in [0.25, 0.3) is 5.69 Å². The van der Waals surface area contributed by atoms with Gasteiger partial charge in [-0.2, -0.15) is 0 Å². The van der Waals surface area contributed by atoms with E-state index in [1.165, 1.54) is 6.07 Å². The Hall–Kier alpha value is -1.42. The number of nitro benzene ring substituents is 1. The van der Waals surface area contributed by atoms with E-state index in [-0.39, 0.29) is 16.1 Å². The maximum absolute atomic E-state index is 10.8. The van der Waals surface area contributed by atoms with E-state index < -0.39 is 0 Å². The van der Waals surface area contributed by atoms with Gasteiger partial charge in [-0.25, -0.2) is 0 Å². The van der Waals surface area contributed by atoms with E-state index in [0.717, 1.165) is 31.2 Å². The lowest BCUT2D eigenvalue weighted by atomic mass is 9.53.